The van der Waals surface area contributed by atoms with Crippen molar-refractivity contribution in [1.82, 2.24) is 24.8 Å². The largest absolute Gasteiger partial charge is 0.361 e. The van der Waals surface area contributed by atoms with Crippen LogP contribution < -0.4 is 0 Å². The smallest absolute Gasteiger partial charge is 0.223 e. The SMILES string of the molecule is Cc1ccc2nc(CCC(=O)N3CCN(Cc4c[nH]c5ccc(Cl)cc45)CC3)[nH]c2c1. The Hall–Kier alpha value is -2.83. The van der Waals surface area contributed by atoms with Crippen LogP contribution in [0.1, 0.15) is 23.4 Å². The van der Waals surface area contributed by atoms with E-state index in [2.05, 4.69) is 45.1 Å². The highest BCUT2D eigenvalue weighted by Gasteiger charge is 2.22. The number of rotatable bonds is 5. The second kappa shape index (κ2) is 8.36. The zero-order valence-corrected chi connectivity index (χ0v) is 18.4. The number of piperazine rings is 1. The van der Waals surface area contributed by atoms with Gasteiger partial charge in [0.25, 0.3) is 0 Å². The number of carbonyl (C=O) groups is 1. The molecule has 7 heteroatoms. The van der Waals surface area contributed by atoms with Crippen LogP contribution in [-0.2, 0) is 17.8 Å². The van der Waals surface area contributed by atoms with E-state index in [1.54, 1.807) is 0 Å². The Morgan fingerprint density at radius 2 is 1.94 bits per heavy atom. The van der Waals surface area contributed by atoms with Gasteiger partial charge < -0.3 is 14.9 Å². The molecule has 1 amide bonds. The maximum atomic E-state index is 12.7. The molecular weight excluding hydrogens is 410 g/mol. The molecule has 0 atom stereocenters. The number of aryl methyl sites for hydroxylation is 2. The lowest BCUT2D eigenvalue weighted by Crippen LogP contribution is -2.48. The van der Waals surface area contributed by atoms with Crippen LogP contribution in [0.15, 0.2) is 42.6 Å². The van der Waals surface area contributed by atoms with Gasteiger partial charge in [-0.3, -0.25) is 9.69 Å². The number of fused-ring (bicyclic) bond motifs is 2. The Kier molecular flexibility index (Phi) is 5.42. The maximum Gasteiger partial charge on any atom is 0.223 e. The lowest BCUT2D eigenvalue weighted by atomic mass is 10.1. The number of benzene rings is 2. The number of aromatic amines is 2. The third-order valence-corrected chi connectivity index (χ3v) is 6.35. The van der Waals surface area contributed by atoms with Crippen molar-refractivity contribution < 1.29 is 4.79 Å². The van der Waals surface area contributed by atoms with Crippen molar-refractivity contribution >= 4 is 39.4 Å². The predicted octanol–water partition coefficient (Wildman–Crippen LogP) is 4.28. The topological polar surface area (TPSA) is 68.0 Å². The Balaban J connectivity index is 1.14. The van der Waals surface area contributed by atoms with Crippen LogP contribution in [0.4, 0.5) is 0 Å². The van der Waals surface area contributed by atoms with E-state index in [1.807, 2.05) is 29.2 Å². The molecule has 1 fully saturated rings. The Labute approximate surface area is 186 Å². The van der Waals surface area contributed by atoms with Gasteiger partial charge in [-0.25, -0.2) is 4.98 Å². The van der Waals surface area contributed by atoms with Crippen molar-refractivity contribution in [1.29, 1.82) is 0 Å². The minimum atomic E-state index is 0.204. The molecule has 2 aromatic heterocycles. The number of H-pyrrole nitrogens is 2. The van der Waals surface area contributed by atoms with Crippen molar-refractivity contribution in [2.24, 2.45) is 0 Å². The molecule has 4 aromatic rings. The molecule has 0 radical (unpaired) electrons. The van der Waals surface area contributed by atoms with E-state index in [1.165, 1.54) is 16.5 Å². The fraction of sp³-hybridized carbons (Fsp3) is 0.333. The first-order valence-corrected chi connectivity index (χ1v) is 11.1. The molecule has 0 bridgehead atoms. The van der Waals surface area contributed by atoms with E-state index < -0.39 is 0 Å². The molecule has 31 heavy (non-hydrogen) atoms. The zero-order valence-electron chi connectivity index (χ0n) is 17.6. The molecule has 3 heterocycles. The van der Waals surface area contributed by atoms with Crippen molar-refractivity contribution in [2.45, 2.75) is 26.3 Å². The molecule has 1 saturated heterocycles. The highest BCUT2D eigenvalue weighted by Crippen LogP contribution is 2.24. The summed E-state index contributed by atoms with van der Waals surface area (Å²) in [6.07, 6.45) is 3.19. The molecule has 2 aromatic carbocycles. The molecule has 160 valence electrons. The van der Waals surface area contributed by atoms with Gasteiger partial charge in [0, 0.05) is 67.7 Å². The third-order valence-electron chi connectivity index (χ3n) is 6.11. The van der Waals surface area contributed by atoms with Crippen LogP contribution in [-0.4, -0.2) is 56.8 Å². The lowest BCUT2D eigenvalue weighted by molar-refractivity contribution is -0.133. The van der Waals surface area contributed by atoms with Gasteiger partial charge in [-0.15, -0.1) is 0 Å². The number of carbonyl (C=O) groups excluding carboxylic acids is 1. The molecule has 6 nitrogen and oxygen atoms in total. The van der Waals surface area contributed by atoms with Crippen molar-refractivity contribution in [3.63, 3.8) is 0 Å². The molecule has 2 N–H and O–H groups in total. The summed E-state index contributed by atoms with van der Waals surface area (Å²) in [5.41, 5.74) is 5.55. The van der Waals surface area contributed by atoms with Gasteiger partial charge in [0.2, 0.25) is 5.91 Å². The summed E-state index contributed by atoms with van der Waals surface area (Å²) in [6, 6.07) is 12.1. The van der Waals surface area contributed by atoms with Crippen LogP contribution >= 0.6 is 11.6 Å². The van der Waals surface area contributed by atoms with Crippen molar-refractivity contribution in [3.8, 4) is 0 Å². The number of hydrogen-bond acceptors (Lipinski definition) is 3. The molecule has 0 saturated carbocycles. The van der Waals surface area contributed by atoms with E-state index in [0.717, 1.165) is 60.1 Å². The molecule has 0 aliphatic carbocycles. The van der Waals surface area contributed by atoms with E-state index in [4.69, 9.17) is 11.6 Å². The van der Waals surface area contributed by atoms with Crippen LogP contribution in [0.3, 0.4) is 0 Å². The molecule has 5 rings (SSSR count). The van der Waals surface area contributed by atoms with Gasteiger partial charge in [-0.1, -0.05) is 17.7 Å². The van der Waals surface area contributed by atoms with E-state index in [-0.39, 0.29) is 5.91 Å². The standard InChI is InChI=1S/C24H26ClN5O/c1-16-2-4-21-22(12-16)28-23(27-21)6-7-24(31)30-10-8-29(9-11-30)15-17-14-26-20-5-3-18(25)13-19(17)20/h2-5,12-14,26H,6-11,15H2,1H3,(H,27,28). The molecule has 0 spiro atoms. The maximum absolute atomic E-state index is 12.7. The minimum absolute atomic E-state index is 0.204. The summed E-state index contributed by atoms with van der Waals surface area (Å²) < 4.78 is 0. The van der Waals surface area contributed by atoms with Gasteiger partial charge >= 0.3 is 0 Å². The second-order valence-electron chi connectivity index (χ2n) is 8.36. The number of amides is 1. The molecule has 1 aliphatic rings. The Morgan fingerprint density at radius 3 is 2.77 bits per heavy atom. The summed E-state index contributed by atoms with van der Waals surface area (Å²) in [5.74, 6) is 1.08. The number of hydrogen-bond donors (Lipinski definition) is 2. The van der Waals surface area contributed by atoms with Crippen molar-refractivity contribution in [2.75, 3.05) is 26.2 Å². The summed E-state index contributed by atoms with van der Waals surface area (Å²) >= 11 is 6.17. The monoisotopic (exact) mass is 435 g/mol. The molecule has 0 unspecified atom stereocenters. The summed E-state index contributed by atoms with van der Waals surface area (Å²) in [5, 5.41) is 1.93. The summed E-state index contributed by atoms with van der Waals surface area (Å²) in [6.45, 7) is 6.21. The average molecular weight is 436 g/mol. The molecule has 1 aliphatic heterocycles. The number of imidazole rings is 1. The Morgan fingerprint density at radius 1 is 1.10 bits per heavy atom. The fourth-order valence-electron chi connectivity index (χ4n) is 4.36. The van der Waals surface area contributed by atoms with Gasteiger partial charge in [0.1, 0.15) is 5.82 Å². The predicted molar refractivity (Wildman–Crippen MR) is 124 cm³/mol. The first-order valence-electron chi connectivity index (χ1n) is 10.8. The van der Waals surface area contributed by atoms with Gasteiger partial charge in [0.15, 0.2) is 0 Å². The number of nitrogens with zero attached hydrogens (tertiary/aromatic N) is 3. The van der Waals surface area contributed by atoms with Gasteiger partial charge in [-0.2, -0.15) is 0 Å². The van der Waals surface area contributed by atoms with Crippen LogP contribution in [0, 0.1) is 6.92 Å². The zero-order chi connectivity index (χ0) is 21.4. The quantitative estimate of drug-likeness (QED) is 0.491. The third kappa shape index (κ3) is 4.31. The van der Waals surface area contributed by atoms with Crippen LogP contribution in [0.5, 0.6) is 0 Å². The minimum Gasteiger partial charge on any atom is -0.361 e. The first kappa shape index (κ1) is 20.1. The molecular formula is C24H26ClN5O. The van der Waals surface area contributed by atoms with Gasteiger partial charge in [-0.05, 0) is 48.4 Å². The average Bonchev–Trinajstić information content (AvgIpc) is 3.35. The van der Waals surface area contributed by atoms with Crippen molar-refractivity contribution in [3.05, 3.63) is 64.6 Å². The highest BCUT2D eigenvalue weighted by molar-refractivity contribution is 6.31. The van der Waals surface area contributed by atoms with Crippen LogP contribution in [0.25, 0.3) is 21.9 Å². The normalized spacial score (nSPS) is 15.2. The highest BCUT2D eigenvalue weighted by atomic mass is 35.5. The number of aromatic nitrogens is 3. The number of nitrogens with one attached hydrogen (secondary N) is 2. The summed E-state index contributed by atoms with van der Waals surface area (Å²) in [7, 11) is 0. The van der Waals surface area contributed by atoms with E-state index in [0.29, 0.717) is 12.8 Å². The second-order valence-corrected chi connectivity index (χ2v) is 8.80. The summed E-state index contributed by atoms with van der Waals surface area (Å²) in [4.78, 5) is 28.4. The van der Waals surface area contributed by atoms with Gasteiger partial charge in [0.05, 0.1) is 11.0 Å². The Bertz CT molecular complexity index is 1240. The fourth-order valence-corrected chi connectivity index (χ4v) is 4.53. The van der Waals surface area contributed by atoms with E-state index >= 15 is 0 Å². The lowest BCUT2D eigenvalue weighted by Gasteiger charge is -2.34. The number of halogens is 1. The first-order chi connectivity index (χ1) is 15.0. The van der Waals surface area contributed by atoms with Crippen LogP contribution in [0.2, 0.25) is 5.02 Å². The van der Waals surface area contributed by atoms with E-state index in [9.17, 15) is 4.79 Å².